The highest BCUT2D eigenvalue weighted by atomic mass is 16.5. The van der Waals surface area contributed by atoms with Crippen LogP contribution in [0.1, 0.15) is 40.5 Å². The molecular formula is C14H29NO3. The van der Waals surface area contributed by atoms with E-state index in [1.807, 2.05) is 13.8 Å². The van der Waals surface area contributed by atoms with Crippen molar-refractivity contribution in [3.05, 3.63) is 0 Å². The fraction of sp³-hybridized carbons (Fsp3) is 0.929. The highest BCUT2D eigenvalue weighted by Crippen LogP contribution is 2.22. The van der Waals surface area contributed by atoms with E-state index in [2.05, 4.69) is 18.7 Å². The molecule has 0 aliphatic heterocycles. The molecule has 0 unspecified atom stereocenters. The SMILES string of the molecule is CCC(CC)N(CCOC)CC(C)(C)C(=O)OC. The Morgan fingerprint density at radius 3 is 2.17 bits per heavy atom. The quantitative estimate of drug-likeness (QED) is 0.596. The number of nitrogens with zero attached hydrogens (tertiary/aromatic N) is 1. The second-order valence-corrected chi connectivity index (χ2v) is 5.31. The van der Waals surface area contributed by atoms with Gasteiger partial charge in [-0.25, -0.2) is 0 Å². The van der Waals surface area contributed by atoms with Gasteiger partial charge < -0.3 is 9.47 Å². The Morgan fingerprint density at radius 2 is 1.78 bits per heavy atom. The van der Waals surface area contributed by atoms with Crippen molar-refractivity contribution in [3.8, 4) is 0 Å². The number of hydrogen-bond acceptors (Lipinski definition) is 4. The van der Waals surface area contributed by atoms with Gasteiger partial charge in [-0.1, -0.05) is 13.8 Å². The number of methoxy groups -OCH3 is 2. The second-order valence-electron chi connectivity index (χ2n) is 5.31. The van der Waals surface area contributed by atoms with Crippen LogP contribution in [-0.4, -0.2) is 50.8 Å². The van der Waals surface area contributed by atoms with Gasteiger partial charge in [-0.15, -0.1) is 0 Å². The topological polar surface area (TPSA) is 38.8 Å². The first-order valence-corrected chi connectivity index (χ1v) is 6.74. The van der Waals surface area contributed by atoms with Crippen LogP contribution in [-0.2, 0) is 14.3 Å². The summed E-state index contributed by atoms with van der Waals surface area (Å²) >= 11 is 0. The Bertz CT molecular complexity index is 237. The van der Waals surface area contributed by atoms with Gasteiger partial charge in [0.05, 0.1) is 19.1 Å². The van der Waals surface area contributed by atoms with Gasteiger partial charge in [0.15, 0.2) is 0 Å². The zero-order valence-electron chi connectivity index (χ0n) is 12.8. The van der Waals surface area contributed by atoms with Crippen LogP contribution in [0.4, 0.5) is 0 Å². The molecule has 0 saturated heterocycles. The van der Waals surface area contributed by atoms with E-state index in [1.54, 1.807) is 7.11 Å². The molecule has 0 aromatic heterocycles. The fourth-order valence-electron chi connectivity index (χ4n) is 2.25. The van der Waals surface area contributed by atoms with Crippen molar-refractivity contribution in [1.82, 2.24) is 4.90 Å². The second kappa shape index (κ2) is 8.48. The lowest BCUT2D eigenvalue weighted by atomic mass is 9.91. The largest absolute Gasteiger partial charge is 0.469 e. The highest BCUT2D eigenvalue weighted by Gasteiger charge is 2.32. The number of rotatable bonds is 9. The number of hydrogen-bond donors (Lipinski definition) is 0. The van der Waals surface area contributed by atoms with Gasteiger partial charge in [0.1, 0.15) is 0 Å². The van der Waals surface area contributed by atoms with Gasteiger partial charge >= 0.3 is 5.97 Å². The van der Waals surface area contributed by atoms with E-state index < -0.39 is 5.41 Å². The maximum atomic E-state index is 11.8. The maximum absolute atomic E-state index is 11.8. The van der Waals surface area contributed by atoms with E-state index >= 15 is 0 Å². The molecule has 4 nitrogen and oxygen atoms in total. The third-order valence-corrected chi connectivity index (χ3v) is 3.38. The van der Waals surface area contributed by atoms with E-state index in [0.29, 0.717) is 19.2 Å². The van der Waals surface area contributed by atoms with E-state index in [9.17, 15) is 4.79 Å². The van der Waals surface area contributed by atoms with Gasteiger partial charge in [0, 0.05) is 26.2 Å². The van der Waals surface area contributed by atoms with Crippen LogP contribution in [0.3, 0.4) is 0 Å². The third-order valence-electron chi connectivity index (χ3n) is 3.38. The van der Waals surface area contributed by atoms with Crippen molar-refractivity contribution in [3.63, 3.8) is 0 Å². The molecule has 0 aromatic carbocycles. The summed E-state index contributed by atoms with van der Waals surface area (Å²) in [5.41, 5.74) is -0.481. The molecule has 0 aliphatic carbocycles. The molecule has 0 spiro atoms. The van der Waals surface area contributed by atoms with Crippen LogP contribution in [0.2, 0.25) is 0 Å². The summed E-state index contributed by atoms with van der Waals surface area (Å²) < 4.78 is 10.0. The number of carbonyl (C=O) groups is 1. The lowest BCUT2D eigenvalue weighted by molar-refractivity contribution is -0.152. The van der Waals surface area contributed by atoms with Crippen LogP contribution in [0, 0.1) is 5.41 Å². The van der Waals surface area contributed by atoms with Gasteiger partial charge in [-0.05, 0) is 26.7 Å². The molecule has 0 saturated carbocycles. The van der Waals surface area contributed by atoms with E-state index in [-0.39, 0.29) is 5.97 Å². The van der Waals surface area contributed by atoms with E-state index in [4.69, 9.17) is 9.47 Å². The summed E-state index contributed by atoms with van der Waals surface area (Å²) in [5, 5.41) is 0. The zero-order valence-corrected chi connectivity index (χ0v) is 12.8. The molecule has 108 valence electrons. The number of ether oxygens (including phenoxy) is 2. The molecule has 0 aliphatic rings. The van der Waals surface area contributed by atoms with Gasteiger partial charge in [-0.2, -0.15) is 0 Å². The van der Waals surface area contributed by atoms with Gasteiger partial charge in [-0.3, -0.25) is 9.69 Å². The van der Waals surface area contributed by atoms with Gasteiger partial charge in [0.2, 0.25) is 0 Å². The van der Waals surface area contributed by atoms with Crippen LogP contribution >= 0.6 is 0 Å². The monoisotopic (exact) mass is 259 g/mol. The summed E-state index contributed by atoms with van der Waals surface area (Å²) in [5.74, 6) is -0.157. The minimum atomic E-state index is -0.481. The molecular weight excluding hydrogens is 230 g/mol. The molecule has 0 rings (SSSR count). The molecule has 18 heavy (non-hydrogen) atoms. The fourth-order valence-corrected chi connectivity index (χ4v) is 2.25. The number of carbonyl (C=O) groups excluding carboxylic acids is 1. The molecule has 0 amide bonds. The first kappa shape index (κ1) is 17.4. The summed E-state index contributed by atoms with van der Waals surface area (Å²) in [6.07, 6.45) is 2.16. The summed E-state index contributed by atoms with van der Waals surface area (Å²) in [6.45, 7) is 10.5. The van der Waals surface area contributed by atoms with Crippen LogP contribution in [0.25, 0.3) is 0 Å². The van der Waals surface area contributed by atoms with E-state index in [0.717, 1.165) is 19.4 Å². The minimum absolute atomic E-state index is 0.157. The average molecular weight is 259 g/mol. The molecule has 0 N–H and O–H groups in total. The molecule has 0 fully saturated rings. The molecule has 0 atom stereocenters. The molecule has 0 bridgehead atoms. The van der Waals surface area contributed by atoms with Crippen molar-refractivity contribution in [2.45, 2.75) is 46.6 Å². The van der Waals surface area contributed by atoms with Crippen molar-refractivity contribution in [2.75, 3.05) is 33.9 Å². The Morgan fingerprint density at radius 1 is 1.22 bits per heavy atom. The molecule has 4 heteroatoms. The van der Waals surface area contributed by atoms with Crippen molar-refractivity contribution in [2.24, 2.45) is 5.41 Å². The maximum Gasteiger partial charge on any atom is 0.312 e. The zero-order chi connectivity index (χ0) is 14.2. The first-order valence-electron chi connectivity index (χ1n) is 6.74. The van der Waals surface area contributed by atoms with Crippen LogP contribution < -0.4 is 0 Å². The molecule has 0 heterocycles. The molecule has 0 radical (unpaired) electrons. The Kier molecular flexibility index (Phi) is 8.20. The van der Waals surface area contributed by atoms with Crippen molar-refractivity contribution < 1.29 is 14.3 Å². The summed E-state index contributed by atoms with van der Waals surface area (Å²) in [6, 6.07) is 0.490. The highest BCUT2D eigenvalue weighted by molar-refractivity contribution is 5.76. The Hall–Kier alpha value is -0.610. The summed E-state index contributed by atoms with van der Waals surface area (Å²) in [7, 11) is 3.15. The predicted molar refractivity (Wildman–Crippen MR) is 73.6 cm³/mol. The van der Waals surface area contributed by atoms with Crippen molar-refractivity contribution in [1.29, 1.82) is 0 Å². The van der Waals surface area contributed by atoms with Crippen LogP contribution in [0.15, 0.2) is 0 Å². The van der Waals surface area contributed by atoms with Gasteiger partial charge in [0.25, 0.3) is 0 Å². The average Bonchev–Trinajstić information content (AvgIpc) is 2.35. The first-order chi connectivity index (χ1) is 8.42. The minimum Gasteiger partial charge on any atom is -0.469 e. The Labute approximate surface area is 112 Å². The normalized spacial score (nSPS) is 12.2. The van der Waals surface area contributed by atoms with Crippen LogP contribution in [0.5, 0.6) is 0 Å². The smallest absolute Gasteiger partial charge is 0.312 e. The third kappa shape index (κ3) is 5.36. The van der Waals surface area contributed by atoms with Crippen molar-refractivity contribution >= 4 is 5.97 Å². The predicted octanol–water partition coefficient (Wildman–Crippen LogP) is 2.32. The van der Waals surface area contributed by atoms with E-state index in [1.165, 1.54) is 7.11 Å². The standard InChI is InChI=1S/C14H29NO3/c1-7-12(8-2)15(9-10-17-5)11-14(3,4)13(16)18-6/h12H,7-11H2,1-6H3. The lowest BCUT2D eigenvalue weighted by Gasteiger charge is -2.35. The lowest BCUT2D eigenvalue weighted by Crippen LogP contribution is -2.46. The summed E-state index contributed by atoms with van der Waals surface area (Å²) in [4.78, 5) is 14.1. The Balaban J connectivity index is 4.70. The molecule has 0 aromatic rings. The number of esters is 1.